The molecular weight excluding hydrogens is 246 g/mol. The number of hydrogen-bond acceptors (Lipinski definition) is 3. The van der Waals surface area contributed by atoms with Crippen LogP contribution in [0.25, 0.3) is 0 Å². The summed E-state index contributed by atoms with van der Waals surface area (Å²) >= 11 is 0. The highest BCUT2D eigenvalue weighted by atomic mass is 14.9. The zero-order valence-corrected chi connectivity index (χ0v) is 11.5. The molecule has 3 rings (SSSR count). The highest BCUT2D eigenvalue weighted by Crippen LogP contribution is 2.25. The van der Waals surface area contributed by atoms with E-state index in [9.17, 15) is 0 Å². The van der Waals surface area contributed by atoms with E-state index < -0.39 is 0 Å². The lowest BCUT2D eigenvalue weighted by atomic mass is 9.98. The van der Waals surface area contributed by atoms with Gasteiger partial charge in [0, 0.05) is 24.1 Å². The van der Waals surface area contributed by atoms with Crippen LogP contribution >= 0.6 is 0 Å². The average Bonchev–Trinajstić information content (AvgIpc) is 2.45. The molecule has 20 heavy (non-hydrogen) atoms. The van der Waals surface area contributed by atoms with E-state index in [1.807, 2.05) is 24.3 Å². The maximum Gasteiger partial charge on any atom is 0.101 e. The Kier molecular flexibility index (Phi) is 3.33. The Morgan fingerprint density at radius 3 is 2.65 bits per heavy atom. The van der Waals surface area contributed by atoms with Crippen molar-refractivity contribution in [1.29, 1.82) is 0 Å². The molecule has 100 valence electrons. The number of fused-ring (bicyclic) bond motifs is 1. The predicted molar refractivity (Wildman–Crippen MR) is 84.0 cm³/mol. The van der Waals surface area contributed by atoms with Gasteiger partial charge in [-0.1, -0.05) is 42.0 Å². The summed E-state index contributed by atoms with van der Waals surface area (Å²) in [6.07, 6.45) is 0.698. The number of aryl methyl sites for hydroxylation is 1. The summed E-state index contributed by atoms with van der Waals surface area (Å²) in [6, 6.07) is 16.4. The van der Waals surface area contributed by atoms with Crippen molar-refractivity contribution in [2.45, 2.75) is 13.3 Å². The molecular formula is C17H17N3. The Morgan fingerprint density at radius 2 is 1.85 bits per heavy atom. The summed E-state index contributed by atoms with van der Waals surface area (Å²) in [5.41, 5.74) is 11.2. The molecule has 0 radical (unpaired) electrons. The fourth-order valence-corrected chi connectivity index (χ4v) is 2.36. The second-order valence-corrected chi connectivity index (χ2v) is 4.97. The van der Waals surface area contributed by atoms with Crippen LogP contribution in [0.1, 0.15) is 23.1 Å². The van der Waals surface area contributed by atoms with Crippen LogP contribution in [0.4, 0.5) is 5.69 Å². The van der Waals surface area contributed by atoms with Crippen molar-refractivity contribution in [1.82, 2.24) is 0 Å². The Labute approximate surface area is 118 Å². The van der Waals surface area contributed by atoms with Crippen LogP contribution in [0.15, 0.2) is 58.5 Å². The molecule has 2 N–H and O–H groups in total. The van der Waals surface area contributed by atoms with Gasteiger partial charge in [0.25, 0.3) is 0 Å². The predicted octanol–water partition coefficient (Wildman–Crippen LogP) is 3.22. The summed E-state index contributed by atoms with van der Waals surface area (Å²) in [4.78, 5) is 9.27. The van der Waals surface area contributed by atoms with E-state index in [2.05, 4.69) is 36.2 Å². The van der Waals surface area contributed by atoms with Gasteiger partial charge in [-0.2, -0.15) is 0 Å². The van der Waals surface area contributed by atoms with Crippen molar-refractivity contribution in [3.63, 3.8) is 0 Å². The minimum Gasteiger partial charge on any atom is -0.387 e. The molecule has 2 aromatic carbocycles. The van der Waals surface area contributed by atoms with E-state index in [0.717, 1.165) is 22.5 Å². The first-order valence-corrected chi connectivity index (χ1v) is 6.78. The highest BCUT2D eigenvalue weighted by molar-refractivity contribution is 6.16. The molecule has 3 nitrogen and oxygen atoms in total. The molecule has 2 aromatic rings. The van der Waals surface area contributed by atoms with Crippen molar-refractivity contribution in [2.75, 3.05) is 6.54 Å². The second kappa shape index (κ2) is 5.29. The molecule has 1 aliphatic heterocycles. The van der Waals surface area contributed by atoms with Gasteiger partial charge in [0.05, 0.1) is 11.4 Å². The van der Waals surface area contributed by atoms with Gasteiger partial charge in [-0.05, 0) is 19.1 Å². The molecule has 0 aliphatic carbocycles. The third-order valence-electron chi connectivity index (χ3n) is 3.36. The lowest BCUT2D eigenvalue weighted by molar-refractivity contribution is 1.02. The molecule has 0 fully saturated rings. The topological polar surface area (TPSA) is 50.7 Å². The summed E-state index contributed by atoms with van der Waals surface area (Å²) in [5.74, 6) is 0.644. The SMILES string of the molecule is Cc1ccc2c(c1)C(c1ccccc1)=NCCC(N)=N2. The smallest absolute Gasteiger partial charge is 0.101 e. The van der Waals surface area contributed by atoms with E-state index in [-0.39, 0.29) is 0 Å². The van der Waals surface area contributed by atoms with E-state index >= 15 is 0 Å². The first-order valence-electron chi connectivity index (χ1n) is 6.78. The van der Waals surface area contributed by atoms with Gasteiger partial charge < -0.3 is 5.73 Å². The van der Waals surface area contributed by atoms with Crippen LogP contribution in [0.3, 0.4) is 0 Å². The average molecular weight is 263 g/mol. The summed E-state index contributed by atoms with van der Waals surface area (Å²) in [5, 5.41) is 0. The van der Waals surface area contributed by atoms with Crippen LogP contribution in [0.2, 0.25) is 0 Å². The van der Waals surface area contributed by atoms with Crippen LogP contribution in [0, 0.1) is 6.92 Å². The van der Waals surface area contributed by atoms with Crippen molar-refractivity contribution in [3.05, 3.63) is 65.2 Å². The quantitative estimate of drug-likeness (QED) is 0.843. The number of rotatable bonds is 1. The monoisotopic (exact) mass is 263 g/mol. The van der Waals surface area contributed by atoms with E-state index in [4.69, 9.17) is 10.7 Å². The third-order valence-corrected chi connectivity index (χ3v) is 3.36. The molecule has 0 saturated heterocycles. The summed E-state index contributed by atoms with van der Waals surface area (Å²) in [6.45, 7) is 2.75. The Morgan fingerprint density at radius 1 is 1.05 bits per heavy atom. The minimum absolute atomic E-state index is 0.644. The highest BCUT2D eigenvalue weighted by Gasteiger charge is 2.14. The zero-order chi connectivity index (χ0) is 13.9. The van der Waals surface area contributed by atoms with Crippen molar-refractivity contribution < 1.29 is 0 Å². The van der Waals surface area contributed by atoms with Crippen LogP contribution in [-0.4, -0.2) is 18.1 Å². The van der Waals surface area contributed by atoms with Crippen LogP contribution in [-0.2, 0) is 0 Å². The largest absolute Gasteiger partial charge is 0.387 e. The molecule has 1 aliphatic rings. The fraction of sp³-hybridized carbons (Fsp3) is 0.176. The standard InChI is InChI=1S/C17H17N3/c1-12-7-8-15-14(11-12)17(13-5-3-2-4-6-13)19-10-9-16(18)20-15/h2-8,11H,9-10H2,1H3,(H2,18,20). The number of amidine groups is 1. The maximum atomic E-state index is 5.92. The zero-order valence-electron chi connectivity index (χ0n) is 11.5. The Hall–Kier alpha value is -2.42. The van der Waals surface area contributed by atoms with E-state index in [1.165, 1.54) is 5.56 Å². The van der Waals surface area contributed by atoms with Gasteiger partial charge in [0.2, 0.25) is 0 Å². The van der Waals surface area contributed by atoms with Gasteiger partial charge in [-0.25, -0.2) is 4.99 Å². The van der Waals surface area contributed by atoms with Crippen molar-refractivity contribution in [3.8, 4) is 0 Å². The van der Waals surface area contributed by atoms with Gasteiger partial charge >= 0.3 is 0 Å². The maximum absolute atomic E-state index is 5.92. The second-order valence-electron chi connectivity index (χ2n) is 4.97. The number of nitrogens with two attached hydrogens (primary N) is 1. The molecule has 0 unspecified atom stereocenters. The molecule has 0 amide bonds. The molecule has 3 heteroatoms. The van der Waals surface area contributed by atoms with Crippen LogP contribution < -0.4 is 5.73 Å². The number of aliphatic imine (C=N–C) groups is 2. The minimum atomic E-state index is 0.644. The van der Waals surface area contributed by atoms with Crippen molar-refractivity contribution >= 4 is 17.2 Å². The Balaban J connectivity index is 2.20. The Bertz CT molecular complexity index is 685. The molecule has 0 aromatic heterocycles. The van der Waals surface area contributed by atoms with E-state index in [0.29, 0.717) is 18.8 Å². The van der Waals surface area contributed by atoms with Gasteiger partial charge in [0.1, 0.15) is 5.84 Å². The van der Waals surface area contributed by atoms with Gasteiger partial charge in [-0.15, -0.1) is 0 Å². The first-order chi connectivity index (χ1) is 9.74. The lowest BCUT2D eigenvalue weighted by Crippen LogP contribution is -2.16. The molecule has 0 bridgehead atoms. The normalized spacial score (nSPS) is 14.7. The number of hydrogen-bond donors (Lipinski definition) is 1. The first kappa shape index (κ1) is 12.6. The molecule has 0 atom stereocenters. The summed E-state index contributed by atoms with van der Waals surface area (Å²) < 4.78 is 0. The third kappa shape index (κ3) is 2.48. The van der Waals surface area contributed by atoms with E-state index in [1.54, 1.807) is 0 Å². The molecule has 0 saturated carbocycles. The number of benzene rings is 2. The summed E-state index contributed by atoms with van der Waals surface area (Å²) in [7, 11) is 0. The lowest BCUT2D eigenvalue weighted by Gasteiger charge is -2.14. The molecule has 0 spiro atoms. The number of nitrogens with zero attached hydrogens (tertiary/aromatic N) is 2. The van der Waals surface area contributed by atoms with Crippen LogP contribution in [0.5, 0.6) is 0 Å². The molecule has 1 heterocycles. The van der Waals surface area contributed by atoms with Crippen molar-refractivity contribution in [2.24, 2.45) is 15.7 Å². The van der Waals surface area contributed by atoms with Gasteiger partial charge in [0.15, 0.2) is 0 Å². The van der Waals surface area contributed by atoms with Gasteiger partial charge in [-0.3, -0.25) is 4.99 Å². The fourth-order valence-electron chi connectivity index (χ4n) is 2.36.